The zero-order valence-corrected chi connectivity index (χ0v) is 27.5. The normalized spacial score (nSPS) is 15.3. The molecule has 0 radical (unpaired) electrons. The Morgan fingerprint density at radius 2 is 1.87 bits per heavy atom. The Morgan fingerprint density at radius 3 is 2.55 bits per heavy atom. The van der Waals surface area contributed by atoms with Crippen LogP contribution >= 0.6 is 22.9 Å². The molecule has 47 heavy (non-hydrogen) atoms. The topological polar surface area (TPSA) is 151 Å². The highest BCUT2D eigenvalue weighted by Crippen LogP contribution is 2.39. The summed E-state index contributed by atoms with van der Waals surface area (Å²) < 4.78 is 69.4. The molecule has 0 bridgehead atoms. The summed E-state index contributed by atoms with van der Waals surface area (Å²) in [6.07, 6.45) is -0.983. The van der Waals surface area contributed by atoms with Crippen LogP contribution in [0.15, 0.2) is 64.4 Å². The number of sulfonamides is 1. The van der Waals surface area contributed by atoms with E-state index in [-0.39, 0.29) is 27.4 Å². The Balaban J connectivity index is 1.50. The molecule has 12 nitrogen and oxygen atoms in total. The van der Waals surface area contributed by atoms with Crippen LogP contribution in [0, 0.1) is 11.6 Å². The number of rotatable bonds is 7. The average molecular weight is 708 g/mol. The van der Waals surface area contributed by atoms with Gasteiger partial charge in [0.2, 0.25) is 0 Å². The highest BCUT2D eigenvalue weighted by atomic mass is 35.5. The van der Waals surface area contributed by atoms with Crippen LogP contribution in [0.25, 0.3) is 11.1 Å². The van der Waals surface area contributed by atoms with Crippen LogP contribution < -0.4 is 14.4 Å². The predicted molar refractivity (Wildman–Crippen MR) is 169 cm³/mol. The number of amides is 2. The molecular formula is C30H28ClF2N5O7S2. The van der Waals surface area contributed by atoms with Gasteiger partial charge in [0.05, 0.1) is 17.2 Å². The summed E-state index contributed by atoms with van der Waals surface area (Å²) in [4.78, 5) is 33.1. The molecule has 0 aliphatic carbocycles. The highest BCUT2D eigenvalue weighted by molar-refractivity contribution is 7.93. The van der Waals surface area contributed by atoms with Gasteiger partial charge in [-0.2, -0.15) is 0 Å². The third-order valence-corrected chi connectivity index (χ3v) is 9.27. The van der Waals surface area contributed by atoms with Gasteiger partial charge in [0.15, 0.2) is 17.4 Å². The van der Waals surface area contributed by atoms with E-state index in [1.54, 1.807) is 12.1 Å². The van der Waals surface area contributed by atoms with E-state index in [1.807, 2.05) is 0 Å². The van der Waals surface area contributed by atoms with Gasteiger partial charge in [-0.3, -0.25) is 9.88 Å². The molecule has 2 aromatic heterocycles. The minimum atomic E-state index is -5.06. The molecule has 1 aliphatic rings. The van der Waals surface area contributed by atoms with Crippen LogP contribution in [0.3, 0.4) is 0 Å². The number of halogens is 3. The van der Waals surface area contributed by atoms with Gasteiger partial charge in [-0.05, 0) is 56.7 Å². The van der Waals surface area contributed by atoms with Crippen molar-refractivity contribution in [2.75, 3.05) is 23.9 Å². The van der Waals surface area contributed by atoms with Gasteiger partial charge in [0, 0.05) is 53.9 Å². The lowest BCUT2D eigenvalue weighted by atomic mass is 10.0. The van der Waals surface area contributed by atoms with Gasteiger partial charge in [-0.15, -0.1) is 15.6 Å². The van der Waals surface area contributed by atoms with Crippen molar-refractivity contribution in [2.45, 2.75) is 37.3 Å². The Bertz CT molecular complexity index is 1920. The molecule has 2 aromatic carbocycles. The molecule has 1 saturated heterocycles. The summed E-state index contributed by atoms with van der Waals surface area (Å²) in [5.41, 5.74) is 1.41. The van der Waals surface area contributed by atoms with E-state index in [0.717, 1.165) is 11.3 Å². The molecule has 5 rings (SSSR count). The van der Waals surface area contributed by atoms with Crippen molar-refractivity contribution in [3.63, 3.8) is 0 Å². The first-order chi connectivity index (χ1) is 22.2. The quantitative estimate of drug-likeness (QED) is 0.213. The van der Waals surface area contributed by atoms with E-state index in [9.17, 15) is 23.1 Å². The fourth-order valence-electron chi connectivity index (χ4n) is 4.74. The maximum absolute atomic E-state index is 15.6. The maximum Gasteiger partial charge on any atom is 0.430 e. The molecule has 248 valence electrons. The number of nitrogens with zero attached hydrogens (tertiary/aromatic N) is 4. The lowest BCUT2D eigenvalue weighted by Crippen LogP contribution is -2.48. The number of carboxylic acid groups (broad SMARTS) is 1. The van der Waals surface area contributed by atoms with Crippen LogP contribution in [-0.4, -0.2) is 65.8 Å². The number of nitrogens with one attached hydrogen (secondary N) is 1. The molecule has 1 atom stereocenters. The first kappa shape index (κ1) is 34.0. The molecule has 2 amide bonds. The van der Waals surface area contributed by atoms with Crippen molar-refractivity contribution in [3.8, 4) is 22.6 Å². The number of hydrogen-bond acceptors (Lipinski definition) is 10. The van der Waals surface area contributed by atoms with E-state index in [1.165, 1.54) is 61.0 Å². The number of pyridine rings is 1. The van der Waals surface area contributed by atoms with Crippen LogP contribution in [0.4, 0.5) is 24.2 Å². The van der Waals surface area contributed by atoms with Crippen molar-refractivity contribution in [1.29, 1.82) is 0 Å². The number of hydrogen-bond donors (Lipinski definition) is 2. The summed E-state index contributed by atoms with van der Waals surface area (Å²) in [7, 11) is -5.06. The summed E-state index contributed by atoms with van der Waals surface area (Å²) in [5.74, 6) is -3.66. The van der Waals surface area contributed by atoms with Crippen molar-refractivity contribution in [3.05, 3.63) is 81.9 Å². The van der Waals surface area contributed by atoms with Crippen molar-refractivity contribution in [1.82, 2.24) is 20.2 Å². The molecule has 1 unspecified atom stereocenters. The number of thiazole rings is 1. The lowest BCUT2D eigenvalue weighted by Gasteiger charge is -2.33. The van der Waals surface area contributed by atoms with Gasteiger partial charge in [-0.25, -0.2) is 31.8 Å². The predicted octanol–water partition coefficient (Wildman–Crippen LogP) is 6.68. The smallest absolute Gasteiger partial charge is 0.430 e. The molecule has 2 N–H and O–H groups in total. The first-order valence-electron chi connectivity index (χ1n) is 14.0. The minimum absolute atomic E-state index is 0.0233. The van der Waals surface area contributed by atoms with Crippen LogP contribution in [0.5, 0.6) is 11.5 Å². The second kappa shape index (κ2) is 13.4. The largest absolute Gasteiger partial charge is 0.465 e. The minimum Gasteiger partial charge on any atom is -0.465 e. The van der Waals surface area contributed by atoms with Gasteiger partial charge >= 0.3 is 12.2 Å². The van der Waals surface area contributed by atoms with E-state index in [2.05, 4.69) is 15.3 Å². The molecule has 4 aromatic rings. The number of carbonyl (C=O) groups excluding carboxylic acids is 1. The van der Waals surface area contributed by atoms with E-state index < -0.39 is 56.1 Å². The van der Waals surface area contributed by atoms with Gasteiger partial charge in [0.25, 0.3) is 10.0 Å². The van der Waals surface area contributed by atoms with Gasteiger partial charge in [0.1, 0.15) is 22.1 Å². The van der Waals surface area contributed by atoms with E-state index in [4.69, 9.17) is 21.1 Å². The number of benzene rings is 2. The number of piperazine rings is 1. The number of carbonyl (C=O) groups is 2. The van der Waals surface area contributed by atoms with Crippen molar-refractivity contribution >= 4 is 51.0 Å². The summed E-state index contributed by atoms with van der Waals surface area (Å²) in [5, 5.41) is 14.3. The number of ether oxygens (including phenoxy) is 2. The Morgan fingerprint density at radius 1 is 1.11 bits per heavy atom. The van der Waals surface area contributed by atoms with Crippen LogP contribution in [0.2, 0.25) is 5.02 Å². The van der Waals surface area contributed by atoms with Crippen LogP contribution in [-0.2, 0) is 14.8 Å². The van der Waals surface area contributed by atoms with Crippen LogP contribution in [0.1, 0.15) is 32.5 Å². The first-order valence-corrected chi connectivity index (χ1v) is 16.7. The molecule has 1 aliphatic heterocycles. The molecule has 0 saturated carbocycles. The molecule has 17 heteroatoms. The fourth-order valence-corrected chi connectivity index (χ4v) is 6.83. The average Bonchev–Trinajstić information content (AvgIpc) is 3.52. The van der Waals surface area contributed by atoms with Gasteiger partial charge < -0.3 is 19.9 Å². The zero-order valence-electron chi connectivity index (χ0n) is 25.1. The standard InChI is InChI=1S/C30H28ClF2N5O7S2/c1-30(2,3)45-29(41)38(27-15-46-16-36-27)47(42,43)26-13-20(32)25(12-21(26)33)44-24-5-4-18(31)11-19(24)17-6-7-35-22(10-17)23-14-34-8-9-37(23)28(39)40/h4-7,10-13,15-16,23,34H,8-9,14H2,1-3H3,(H,39,40). The number of anilines is 1. The SMILES string of the molecule is CC(C)(C)OC(=O)N(c1cscn1)S(=O)(=O)c1cc(F)c(Oc2ccc(Cl)cc2-c2ccnc(C3CNCCN3C(=O)O)c2)cc1F. The summed E-state index contributed by atoms with van der Waals surface area (Å²) in [6, 6.07) is 8.00. The highest BCUT2D eigenvalue weighted by Gasteiger charge is 2.38. The van der Waals surface area contributed by atoms with E-state index in [0.29, 0.717) is 42.0 Å². The molecule has 1 fully saturated rings. The Hall–Kier alpha value is -4.38. The third kappa shape index (κ3) is 7.45. The Labute approximate surface area is 277 Å². The second-order valence-electron chi connectivity index (χ2n) is 11.2. The van der Waals surface area contributed by atoms with E-state index >= 15 is 8.78 Å². The Kier molecular flexibility index (Phi) is 9.68. The molecular weight excluding hydrogens is 680 g/mol. The monoisotopic (exact) mass is 707 g/mol. The van der Waals surface area contributed by atoms with Crippen molar-refractivity contribution in [2.24, 2.45) is 0 Å². The molecule has 3 heterocycles. The fraction of sp³-hybridized carbons (Fsp3) is 0.267. The van der Waals surface area contributed by atoms with Crippen molar-refractivity contribution < 1.29 is 41.4 Å². The lowest BCUT2D eigenvalue weighted by molar-refractivity contribution is 0.0608. The number of aromatic nitrogens is 2. The third-order valence-electron chi connectivity index (χ3n) is 6.78. The second-order valence-corrected chi connectivity index (χ2v) is 14.1. The maximum atomic E-state index is 15.6. The summed E-state index contributed by atoms with van der Waals surface area (Å²) in [6.45, 7) is 5.61. The molecule has 0 spiro atoms. The zero-order chi connectivity index (χ0) is 34.1. The summed E-state index contributed by atoms with van der Waals surface area (Å²) >= 11 is 7.25. The van der Waals surface area contributed by atoms with Gasteiger partial charge in [-0.1, -0.05) is 11.6 Å².